The number of nitrogen functional groups attached to an aromatic ring is 1. The molecule has 0 aliphatic rings. The van der Waals surface area contributed by atoms with Gasteiger partial charge in [-0.15, -0.1) is 0 Å². The minimum absolute atomic E-state index is 0.277. The zero-order chi connectivity index (χ0) is 23.0. The Morgan fingerprint density at radius 3 is 2.16 bits per heavy atom. The van der Waals surface area contributed by atoms with Crippen LogP contribution >= 0.6 is 23.2 Å². The van der Waals surface area contributed by atoms with E-state index in [4.69, 9.17) is 43.1 Å². The van der Waals surface area contributed by atoms with Gasteiger partial charge in [0.1, 0.15) is 23.1 Å². The molecule has 0 radical (unpaired) electrons. The molecule has 3 N–H and O–H groups in total. The van der Waals surface area contributed by atoms with E-state index in [1.165, 1.54) is 20.6 Å². The number of aromatic nitrogens is 3. The molecule has 10 heteroatoms. The molecule has 3 aromatic rings. The number of nitrogens with two attached hydrogens (primary N) is 1. The molecule has 2 aromatic heterocycles. The first-order valence-corrected chi connectivity index (χ1v) is 10.4. The van der Waals surface area contributed by atoms with E-state index in [-0.39, 0.29) is 10.0 Å². The SMILES string of the molecule is CCC.COCCNc1nc(-c2c(Cl)c(OC)cc(OC)c2Cl)nc2cnc(N)cc12. The summed E-state index contributed by atoms with van der Waals surface area (Å²) in [5.41, 5.74) is 6.80. The topological polar surface area (TPSA) is 104 Å². The normalized spacial score (nSPS) is 10.4. The van der Waals surface area contributed by atoms with Gasteiger partial charge in [-0.25, -0.2) is 15.0 Å². The van der Waals surface area contributed by atoms with Crippen molar-refractivity contribution in [2.24, 2.45) is 0 Å². The quantitative estimate of drug-likeness (QED) is 0.463. The minimum Gasteiger partial charge on any atom is -0.495 e. The third kappa shape index (κ3) is 5.78. The van der Waals surface area contributed by atoms with Gasteiger partial charge in [0.05, 0.1) is 48.1 Å². The van der Waals surface area contributed by atoms with Gasteiger partial charge in [0.2, 0.25) is 0 Å². The van der Waals surface area contributed by atoms with Crippen LogP contribution in [0.3, 0.4) is 0 Å². The van der Waals surface area contributed by atoms with Gasteiger partial charge in [0.15, 0.2) is 5.82 Å². The first-order valence-electron chi connectivity index (χ1n) is 9.68. The summed E-state index contributed by atoms with van der Waals surface area (Å²) in [7, 11) is 4.63. The van der Waals surface area contributed by atoms with Crippen molar-refractivity contribution in [3.8, 4) is 22.9 Å². The zero-order valence-corrected chi connectivity index (χ0v) is 19.8. The molecule has 0 bridgehead atoms. The number of fused-ring (bicyclic) bond motifs is 1. The van der Waals surface area contributed by atoms with Crippen LogP contribution in [0.4, 0.5) is 11.6 Å². The number of nitrogens with zero attached hydrogens (tertiary/aromatic N) is 3. The molecular formula is C21H27Cl2N5O3. The summed E-state index contributed by atoms with van der Waals surface area (Å²) in [6.07, 6.45) is 2.82. The predicted octanol–water partition coefficient (Wildman–Crippen LogP) is 5.07. The lowest BCUT2D eigenvalue weighted by atomic mass is 10.1. The monoisotopic (exact) mass is 467 g/mol. The Kier molecular flexibility index (Phi) is 9.36. The standard InChI is InChI=1S/C18H19Cl2N5O3.C3H8/c1-26-5-4-22-17-9-6-13(21)23-8-10(9)24-18(25-17)14-15(19)11(27-2)7-12(28-3)16(14)20;1-3-2/h6-8H,4-5H2,1-3H3,(H2,21,23)(H,22,24,25);3H2,1-2H3. The fourth-order valence-corrected chi connectivity index (χ4v) is 3.32. The minimum atomic E-state index is 0.277. The van der Waals surface area contributed by atoms with Gasteiger partial charge < -0.3 is 25.3 Å². The fraction of sp³-hybridized carbons (Fsp3) is 0.381. The predicted molar refractivity (Wildman–Crippen MR) is 127 cm³/mol. The smallest absolute Gasteiger partial charge is 0.165 e. The van der Waals surface area contributed by atoms with E-state index in [0.29, 0.717) is 53.2 Å². The number of nitrogens with one attached hydrogen (secondary N) is 1. The Labute approximate surface area is 192 Å². The number of benzene rings is 1. The van der Waals surface area contributed by atoms with Crippen LogP contribution in [-0.4, -0.2) is 49.4 Å². The van der Waals surface area contributed by atoms with E-state index in [9.17, 15) is 0 Å². The van der Waals surface area contributed by atoms with Crippen LogP contribution < -0.4 is 20.5 Å². The fourth-order valence-electron chi connectivity index (χ4n) is 2.65. The van der Waals surface area contributed by atoms with Crippen LogP contribution in [0.1, 0.15) is 20.3 Å². The van der Waals surface area contributed by atoms with E-state index in [2.05, 4.69) is 34.1 Å². The van der Waals surface area contributed by atoms with Crippen LogP contribution in [0.25, 0.3) is 22.3 Å². The van der Waals surface area contributed by atoms with Crippen molar-refractivity contribution < 1.29 is 14.2 Å². The number of methoxy groups -OCH3 is 3. The second-order valence-corrected chi connectivity index (χ2v) is 7.19. The highest BCUT2D eigenvalue weighted by molar-refractivity contribution is 6.41. The van der Waals surface area contributed by atoms with Crippen LogP contribution in [0.5, 0.6) is 11.5 Å². The molecular weight excluding hydrogens is 441 g/mol. The molecule has 8 nitrogen and oxygen atoms in total. The number of ether oxygens (including phenoxy) is 3. The Morgan fingerprint density at radius 2 is 1.61 bits per heavy atom. The molecule has 0 saturated heterocycles. The lowest BCUT2D eigenvalue weighted by Gasteiger charge is -2.15. The lowest BCUT2D eigenvalue weighted by molar-refractivity contribution is 0.210. The molecule has 0 amide bonds. The summed E-state index contributed by atoms with van der Waals surface area (Å²) in [4.78, 5) is 13.3. The molecule has 0 fully saturated rings. The van der Waals surface area contributed by atoms with Crippen molar-refractivity contribution in [3.63, 3.8) is 0 Å². The van der Waals surface area contributed by atoms with Gasteiger partial charge in [-0.2, -0.15) is 0 Å². The molecule has 0 atom stereocenters. The van der Waals surface area contributed by atoms with E-state index in [0.717, 1.165) is 5.39 Å². The largest absolute Gasteiger partial charge is 0.495 e. The number of anilines is 2. The van der Waals surface area contributed by atoms with Crippen molar-refractivity contribution in [2.45, 2.75) is 20.3 Å². The molecule has 0 spiro atoms. The second-order valence-electron chi connectivity index (χ2n) is 6.43. The number of halogens is 2. The van der Waals surface area contributed by atoms with E-state index < -0.39 is 0 Å². The lowest BCUT2D eigenvalue weighted by Crippen LogP contribution is -2.10. The van der Waals surface area contributed by atoms with Crippen molar-refractivity contribution in [3.05, 3.63) is 28.4 Å². The molecule has 168 valence electrons. The van der Waals surface area contributed by atoms with Crippen LogP contribution in [0.15, 0.2) is 18.3 Å². The van der Waals surface area contributed by atoms with Gasteiger partial charge in [0.25, 0.3) is 0 Å². The maximum atomic E-state index is 6.51. The summed E-state index contributed by atoms with van der Waals surface area (Å²) in [5, 5.41) is 4.48. The maximum Gasteiger partial charge on any atom is 0.165 e. The zero-order valence-electron chi connectivity index (χ0n) is 18.3. The van der Waals surface area contributed by atoms with Crippen LogP contribution in [-0.2, 0) is 4.74 Å². The summed E-state index contributed by atoms with van der Waals surface area (Å²) in [6.45, 7) is 5.28. The number of hydrogen-bond acceptors (Lipinski definition) is 8. The Balaban J connectivity index is 0.00000107. The number of pyridine rings is 1. The molecule has 0 saturated carbocycles. The van der Waals surface area contributed by atoms with Crippen molar-refractivity contribution in [1.82, 2.24) is 15.0 Å². The van der Waals surface area contributed by atoms with Crippen molar-refractivity contribution in [1.29, 1.82) is 0 Å². The van der Waals surface area contributed by atoms with Gasteiger partial charge in [-0.1, -0.05) is 43.5 Å². The van der Waals surface area contributed by atoms with Gasteiger partial charge in [0, 0.05) is 25.1 Å². The Hall–Kier alpha value is -2.55. The van der Waals surface area contributed by atoms with E-state index >= 15 is 0 Å². The first-order chi connectivity index (χ1) is 14.9. The van der Waals surface area contributed by atoms with E-state index in [1.54, 1.807) is 25.4 Å². The van der Waals surface area contributed by atoms with Gasteiger partial charge in [-0.05, 0) is 6.07 Å². The Morgan fingerprint density at radius 1 is 1.00 bits per heavy atom. The van der Waals surface area contributed by atoms with Crippen molar-refractivity contribution >= 4 is 45.7 Å². The highest BCUT2D eigenvalue weighted by atomic mass is 35.5. The number of rotatable bonds is 7. The summed E-state index contributed by atoms with van der Waals surface area (Å²) >= 11 is 13.0. The third-order valence-corrected chi connectivity index (χ3v) is 4.75. The highest BCUT2D eigenvalue weighted by Crippen LogP contribution is 2.45. The molecule has 2 heterocycles. The summed E-state index contributed by atoms with van der Waals surface area (Å²) < 4.78 is 15.8. The van der Waals surface area contributed by atoms with Crippen LogP contribution in [0.2, 0.25) is 10.0 Å². The summed E-state index contributed by atoms with van der Waals surface area (Å²) in [5.74, 6) is 2.00. The van der Waals surface area contributed by atoms with Crippen molar-refractivity contribution in [2.75, 3.05) is 45.5 Å². The van der Waals surface area contributed by atoms with Gasteiger partial charge >= 0.3 is 0 Å². The Bertz CT molecular complexity index is 1010. The average molecular weight is 468 g/mol. The molecule has 0 aliphatic heterocycles. The highest BCUT2D eigenvalue weighted by Gasteiger charge is 2.22. The molecule has 3 rings (SSSR count). The van der Waals surface area contributed by atoms with Crippen LogP contribution in [0, 0.1) is 0 Å². The average Bonchev–Trinajstić information content (AvgIpc) is 2.75. The molecule has 1 aromatic carbocycles. The van der Waals surface area contributed by atoms with E-state index in [1.807, 2.05) is 0 Å². The second kappa shape index (κ2) is 11.7. The molecule has 0 aliphatic carbocycles. The van der Waals surface area contributed by atoms with Gasteiger partial charge in [-0.3, -0.25) is 0 Å². The molecule has 31 heavy (non-hydrogen) atoms. The first kappa shape index (κ1) is 24.7. The number of hydrogen-bond donors (Lipinski definition) is 2. The summed E-state index contributed by atoms with van der Waals surface area (Å²) in [6, 6.07) is 3.30. The molecule has 0 unspecified atom stereocenters. The maximum absolute atomic E-state index is 6.51. The third-order valence-electron chi connectivity index (χ3n) is 4.00.